The van der Waals surface area contributed by atoms with E-state index in [9.17, 15) is 9.50 Å². The molecule has 1 aliphatic rings. The normalized spacial score (nSPS) is 17.8. The molecule has 0 spiro atoms. The van der Waals surface area contributed by atoms with Crippen molar-refractivity contribution in [1.29, 1.82) is 0 Å². The van der Waals surface area contributed by atoms with Crippen LogP contribution in [0, 0.1) is 5.82 Å². The average molecular weight is 282 g/mol. The number of halogens is 1. The van der Waals surface area contributed by atoms with Crippen molar-refractivity contribution in [3.05, 3.63) is 12.0 Å². The summed E-state index contributed by atoms with van der Waals surface area (Å²) < 4.78 is 13.9. The predicted molar refractivity (Wildman–Crippen MR) is 77.3 cm³/mol. The Balaban J connectivity index is 2.13. The molecule has 0 bridgehead atoms. The molecule has 1 aliphatic carbocycles. The fourth-order valence-electron chi connectivity index (χ4n) is 2.58. The molecular formula is C14H23FN4O. The predicted octanol–water partition coefficient (Wildman–Crippen LogP) is 2.54. The van der Waals surface area contributed by atoms with Crippen molar-refractivity contribution >= 4 is 11.8 Å². The lowest BCUT2D eigenvalue weighted by Crippen LogP contribution is -2.44. The molecule has 0 unspecified atom stereocenters. The number of nitrogens with zero attached hydrogens (tertiary/aromatic N) is 2. The van der Waals surface area contributed by atoms with Gasteiger partial charge in [0.15, 0.2) is 11.6 Å². The van der Waals surface area contributed by atoms with Gasteiger partial charge in [0.1, 0.15) is 0 Å². The van der Waals surface area contributed by atoms with E-state index in [2.05, 4.69) is 20.6 Å². The van der Waals surface area contributed by atoms with E-state index in [-0.39, 0.29) is 12.4 Å². The van der Waals surface area contributed by atoms with E-state index in [0.29, 0.717) is 5.95 Å². The first-order chi connectivity index (χ1) is 9.69. The third-order valence-electron chi connectivity index (χ3n) is 3.77. The van der Waals surface area contributed by atoms with Gasteiger partial charge in [-0.3, -0.25) is 0 Å². The van der Waals surface area contributed by atoms with Crippen molar-refractivity contribution in [2.45, 2.75) is 51.0 Å². The van der Waals surface area contributed by atoms with Crippen LogP contribution in [0.1, 0.15) is 45.4 Å². The summed E-state index contributed by atoms with van der Waals surface area (Å²) in [5.74, 6) is 0.111. The zero-order chi connectivity index (χ0) is 14.4. The van der Waals surface area contributed by atoms with Gasteiger partial charge in [0.25, 0.3) is 0 Å². The fraction of sp³-hybridized carbons (Fsp3) is 0.714. The standard InChI is InChI=1S/C14H23FN4O/c1-2-8-16-13-17-9-11(15)12(18-13)19-14(10-20)6-4-3-5-7-14/h9,20H,2-8,10H2,1H3,(H2,16,17,18,19). The summed E-state index contributed by atoms with van der Waals surface area (Å²) in [6.07, 6.45) is 7.04. The Labute approximate surface area is 119 Å². The minimum atomic E-state index is -0.481. The summed E-state index contributed by atoms with van der Waals surface area (Å²) in [7, 11) is 0. The topological polar surface area (TPSA) is 70.1 Å². The quantitative estimate of drug-likeness (QED) is 0.748. The number of nitrogens with one attached hydrogen (secondary N) is 2. The number of aliphatic hydroxyl groups excluding tert-OH is 1. The molecule has 1 aromatic rings. The second-order valence-electron chi connectivity index (χ2n) is 5.44. The molecular weight excluding hydrogens is 259 g/mol. The molecule has 20 heavy (non-hydrogen) atoms. The van der Waals surface area contributed by atoms with Gasteiger partial charge in [0.05, 0.1) is 18.3 Å². The lowest BCUT2D eigenvalue weighted by atomic mass is 9.82. The summed E-state index contributed by atoms with van der Waals surface area (Å²) in [5, 5.41) is 15.8. The van der Waals surface area contributed by atoms with E-state index in [0.717, 1.165) is 38.6 Å². The molecule has 1 aromatic heterocycles. The van der Waals surface area contributed by atoms with Gasteiger partial charge >= 0.3 is 0 Å². The van der Waals surface area contributed by atoms with Gasteiger partial charge in [0.2, 0.25) is 5.95 Å². The fourth-order valence-corrected chi connectivity index (χ4v) is 2.58. The van der Waals surface area contributed by atoms with Crippen molar-refractivity contribution in [2.75, 3.05) is 23.8 Å². The van der Waals surface area contributed by atoms with Crippen LogP contribution in [0.3, 0.4) is 0 Å². The Morgan fingerprint density at radius 2 is 2.10 bits per heavy atom. The van der Waals surface area contributed by atoms with Gasteiger partial charge in [-0.25, -0.2) is 9.37 Å². The maximum absolute atomic E-state index is 13.9. The molecule has 112 valence electrons. The van der Waals surface area contributed by atoms with E-state index >= 15 is 0 Å². The van der Waals surface area contributed by atoms with Crippen LogP contribution in [0.25, 0.3) is 0 Å². The van der Waals surface area contributed by atoms with Crippen LogP contribution in [0.5, 0.6) is 0 Å². The van der Waals surface area contributed by atoms with Gasteiger partial charge in [-0.15, -0.1) is 0 Å². The van der Waals surface area contributed by atoms with E-state index in [1.54, 1.807) is 0 Å². The molecule has 6 heteroatoms. The van der Waals surface area contributed by atoms with Crippen molar-refractivity contribution in [2.24, 2.45) is 0 Å². The highest BCUT2D eigenvalue weighted by Crippen LogP contribution is 2.31. The summed E-state index contributed by atoms with van der Waals surface area (Å²) in [5.41, 5.74) is -0.449. The molecule has 5 nitrogen and oxygen atoms in total. The molecule has 0 aromatic carbocycles. The number of hydrogen-bond donors (Lipinski definition) is 3. The third-order valence-corrected chi connectivity index (χ3v) is 3.77. The molecule has 0 saturated heterocycles. The number of hydrogen-bond acceptors (Lipinski definition) is 5. The first kappa shape index (κ1) is 15.0. The molecule has 1 fully saturated rings. The minimum Gasteiger partial charge on any atom is -0.394 e. The Kier molecular flexibility index (Phi) is 5.11. The summed E-state index contributed by atoms with van der Waals surface area (Å²) in [4.78, 5) is 8.10. The maximum Gasteiger partial charge on any atom is 0.224 e. The monoisotopic (exact) mass is 282 g/mol. The van der Waals surface area contributed by atoms with Crippen LogP contribution in [-0.2, 0) is 0 Å². The zero-order valence-electron chi connectivity index (χ0n) is 12.0. The highest BCUT2D eigenvalue weighted by atomic mass is 19.1. The van der Waals surface area contributed by atoms with Gasteiger partial charge in [-0.05, 0) is 19.3 Å². The van der Waals surface area contributed by atoms with Crippen molar-refractivity contribution in [1.82, 2.24) is 9.97 Å². The Hall–Kier alpha value is -1.43. The van der Waals surface area contributed by atoms with Crippen molar-refractivity contribution < 1.29 is 9.50 Å². The number of anilines is 2. The highest BCUT2D eigenvalue weighted by molar-refractivity contribution is 5.43. The molecule has 1 heterocycles. The zero-order valence-corrected chi connectivity index (χ0v) is 12.0. The van der Waals surface area contributed by atoms with E-state index in [1.807, 2.05) is 6.92 Å². The molecule has 2 rings (SSSR count). The van der Waals surface area contributed by atoms with Crippen LogP contribution < -0.4 is 10.6 Å². The first-order valence-electron chi connectivity index (χ1n) is 7.34. The lowest BCUT2D eigenvalue weighted by Gasteiger charge is -2.37. The van der Waals surface area contributed by atoms with E-state index < -0.39 is 11.4 Å². The highest BCUT2D eigenvalue weighted by Gasteiger charge is 2.32. The molecule has 0 radical (unpaired) electrons. The van der Waals surface area contributed by atoms with E-state index in [4.69, 9.17) is 0 Å². The van der Waals surface area contributed by atoms with Crippen LogP contribution in [0.2, 0.25) is 0 Å². The van der Waals surface area contributed by atoms with Gasteiger partial charge in [-0.1, -0.05) is 26.2 Å². The second kappa shape index (κ2) is 6.83. The molecule has 3 N–H and O–H groups in total. The number of aliphatic hydroxyl groups is 1. The third kappa shape index (κ3) is 3.56. The van der Waals surface area contributed by atoms with Gasteiger partial charge < -0.3 is 15.7 Å². The smallest absolute Gasteiger partial charge is 0.224 e. The van der Waals surface area contributed by atoms with Crippen LogP contribution >= 0.6 is 0 Å². The van der Waals surface area contributed by atoms with Crippen LogP contribution in [0.4, 0.5) is 16.2 Å². The number of aromatic nitrogens is 2. The lowest BCUT2D eigenvalue weighted by molar-refractivity contribution is 0.172. The minimum absolute atomic E-state index is 0.00579. The molecule has 1 saturated carbocycles. The SMILES string of the molecule is CCCNc1ncc(F)c(NC2(CO)CCCCC2)n1. The van der Waals surface area contributed by atoms with Crippen molar-refractivity contribution in [3.63, 3.8) is 0 Å². The van der Waals surface area contributed by atoms with Crippen LogP contribution in [0.15, 0.2) is 6.20 Å². The average Bonchev–Trinajstić information content (AvgIpc) is 2.49. The van der Waals surface area contributed by atoms with E-state index in [1.165, 1.54) is 12.6 Å². The maximum atomic E-state index is 13.9. The Morgan fingerprint density at radius 3 is 2.75 bits per heavy atom. The number of rotatable bonds is 6. The van der Waals surface area contributed by atoms with Crippen LogP contribution in [-0.4, -0.2) is 33.8 Å². The molecule has 0 atom stereocenters. The first-order valence-corrected chi connectivity index (χ1v) is 7.34. The Morgan fingerprint density at radius 1 is 1.35 bits per heavy atom. The second-order valence-corrected chi connectivity index (χ2v) is 5.44. The summed E-state index contributed by atoms with van der Waals surface area (Å²) >= 11 is 0. The Bertz CT molecular complexity index is 435. The summed E-state index contributed by atoms with van der Waals surface area (Å²) in [6.45, 7) is 2.78. The largest absolute Gasteiger partial charge is 0.394 e. The van der Waals surface area contributed by atoms with Crippen molar-refractivity contribution in [3.8, 4) is 0 Å². The molecule has 0 aliphatic heterocycles. The van der Waals surface area contributed by atoms with Gasteiger partial charge in [0, 0.05) is 6.54 Å². The summed E-state index contributed by atoms with van der Waals surface area (Å²) in [6, 6.07) is 0. The van der Waals surface area contributed by atoms with Gasteiger partial charge in [-0.2, -0.15) is 4.98 Å². The molecule has 0 amide bonds.